The summed E-state index contributed by atoms with van der Waals surface area (Å²) in [6.45, 7) is 7.93. The number of methoxy groups -OCH3 is 1. The zero-order valence-electron chi connectivity index (χ0n) is 12.6. The van der Waals surface area contributed by atoms with Crippen molar-refractivity contribution in [1.82, 2.24) is 4.90 Å². The molecule has 1 saturated heterocycles. The molecule has 0 amide bonds. The van der Waals surface area contributed by atoms with Crippen LogP contribution in [0.25, 0.3) is 0 Å². The highest BCUT2D eigenvalue weighted by Crippen LogP contribution is 2.29. The van der Waals surface area contributed by atoms with E-state index in [1.807, 2.05) is 6.07 Å². The standard InChI is InChI=1S/C16H24N2OS/c1-16(2)7-4-8-18(11-16)10-12-5-6-14(19-3)13(9-12)15(17)20/h5-6,9H,4,7-8,10-11H2,1-3H3,(H2,17,20). The van der Waals surface area contributed by atoms with Gasteiger partial charge < -0.3 is 10.5 Å². The summed E-state index contributed by atoms with van der Waals surface area (Å²) in [6.07, 6.45) is 2.58. The van der Waals surface area contributed by atoms with Gasteiger partial charge in [0.05, 0.1) is 12.7 Å². The smallest absolute Gasteiger partial charge is 0.129 e. The molecule has 1 aromatic carbocycles. The molecule has 0 aliphatic carbocycles. The third kappa shape index (κ3) is 3.70. The second-order valence-electron chi connectivity index (χ2n) is 6.38. The molecule has 0 bridgehead atoms. The molecule has 0 radical (unpaired) electrons. The summed E-state index contributed by atoms with van der Waals surface area (Å²) in [7, 11) is 1.64. The maximum absolute atomic E-state index is 5.77. The van der Waals surface area contributed by atoms with Crippen molar-refractivity contribution >= 4 is 17.2 Å². The molecule has 0 saturated carbocycles. The van der Waals surface area contributed by atoms with Gasteiger partial charge in [-0.1, -0.05) is 32.1 Å². The minimum atomic E-state index is 0.391. The fraction of sp³-hybridized carbons (Fsp3) is 0.562. The summed E-state index contributed by atoms with van der Waals surface area (Å²) in [5.41, 5.74) is 8.26. The van der Waals surface area contributed by atoms with Gasteiger partial charge in [-0.3, -0.25) is 4.90 Å². The van der Waals surface area contributed by atoms with E-state index < -0.39 is 0 Å². The number of rotatable bonds is 4. The van der Waals surface area contributed by atoms with Gasteiger partial charge in [0.2, 0.25) is 0 Å². The van der Waals surface area contributed by atoms with E-state index in [-0.39, 0.29) is 0 Å². The Kier molecular flexibility index (Phi) is 4.66. The number of piperidine rings is 1. The van der Waals surface area contributed by atoms with Crippen LogP contribution in [-0.4, -0.2) is 30.1 Å². The lowest BCUT2D eigenvalue weighted by Gasteiger charge is -2.38. The van der Waals surface area contributed by atoms with E-state index >= 15 is 0 Å². The molecular formula is C16H24N2OS. The summed E-state index contributed by atoms with van der Waals surface area (Å²) in [5, 5.41) is 0. The predicted octanol–water partition coefficient (Wildman–Crippen LogP) is 2.95. The van der Waals surface area contributed by atoms with Crippen molar-refractivity contribution < 1.29 is 4.74 Å². The number of hydrogen-bond acceptors (Lipinski definition) is 3. The fourth-order valence-corrected chi connectivity index (χ4v) is 3.14. The summed E-state index contributed by atoms with van der Waals surface area (Å²) >= 11 is 5.10. The van der Waals surface area contributed by atoms with Crippen molar-refractivity contribution in [1.29, 1.82) is 0 Å². The summed E-state index contributed by atoms with van der Waals surface area (Å²) in [5.74, 6) is 0.750. The Morgan fingerprint density at radius 2 is 2.20 bits per heavy atom. The van der Waals surface area contributed by atoms with E-state index in [4.69, 9.17) is 22.7 Å². The molecule has 2 N–H and O–H groups in total. The maximum atomic E-state index is 5.77. The van der Waals surface area contributed by atoms with Gasteiger partial charge in [-0.05, 0) is 42.5 Å². The molecule has 110 valence electrons. The van der Waals surface area contributed by atoms with Crippen LogP contribution in [0, 0.1) is 5.41 Å². The highest BCUT2D eigenvalue weighted by atomic mass is 32.1. The van der Waals surface area contributed by atoms with Crippen molar-refractivity contribution in [2.45, 2.75) is 33.2 Å². The first-order chi connectivity index (χ1) is 9.41. The number of ether oxygens (including phenoxy) is 1. The molecule has 0 spiro atoms. The molecule has 3 nitrogen and oxygen atoms in total. The Bertz CT molecular complexity index is 499. The van der Waals surface area contributed by atoms with Gasteiger partial charge in [0.1, 0.15) is 10.7 Å². The number of nitrogens with two attached hydrogens (primary N) is 1. The molecule has 0 unspecified atom stereocenters. The van der Waals surface area contributed by atoms with Crippen LogP contribution in [-0.2, 0) is 6.54 Å². The third-order valence-electron chi connectivity index (χ3n) is 3.92. The zero-order valence-corrected chi connectivity index (χ0v) is 13.4. The van der Waals surface area contributed by atoms with Gasteiger partial charge >= 0.3 is 0 Å². The second-order valence-corrected chi connectivity index (χ2v) is 6.82. The fourth-order valence-electron chi connectivity index (χ4n) is 2.98. The Labute approximate surface area is 127 Å². The van der Waals surface area contributed by atoms with E-state index in [9.17, 15) is 0 Å². The summed E-state index contributed by atoms with van der Waals surface area (Å²) in [6, 6.07) is 6.11. The molecule has 0 atom stereocenters. The minimum absolute atomic E-state index is 0.391. The topological polar surface area (TPSA) is 38.5 Å². The van der Waals surface area contributed by atoms with E-state index in [2.05, 4.69) is 30.9 Å². The Morgan fingerprint density at radius 3 is 2.80 bits per heavy atom. The normalized spacial score (nSPS) is 18.8. The lowest BCUT2D eigenvalue weighted by molar-refractivity contribution is 0.111. The highest BCUT2D eigenvalue weighted by molar-refractivity contribution is 7.80. The van der Waals surface area contributed by atoms with E-state index in [1.165, 1.54) is 18.4 Å². The molecule has 1 aliphatic heterocycles. The molecule has 2 rings (SSSR count). The Morgan fingerprint density at radius 1 is 1.45 bits per heavy atom. The molecular weight excluding hydrogens is 268 g/mol. The average molecular weight is 292 g/mol. The number of hydrogen-bond donors (Lipinski definition) is 1. The van der Waals surface area contributed by atoms with Crippen LogP contribution in [0.2, 0.25) is 0 Å². The quantitative estimate of drug-likeness (QED) is 0.866. The lowest BCUT2D eigenvalue weighted by Crippen LogP contribution is -2.39. The summed E-state index contributed by atoms with van der Waals surface area (Å²) < 4.78 is 5.30. The van der Waals surface area contributed by atoms with Crippen molar-refractivity contribution in [3.63, 3.8) is 0 Å². The van der Waals surface area contributed by atoms with Gasteiger partial charge in [-0.25, -0.2) is 0 Å². The van der Waals surface area contributed by atoms with Crippen molar-refractivity contribution in [3.05, 3.63) is 29.3 Å². The third-order valence-corrected chi connectivity index (χ3v) is 4.13. The molecule has 4 heteroatoms. The van der Waals surface area contributed by atoms with E-state index in [0.29, 0.717) is 10.4 Å². The molecule has 1 aliphatic rings. The van der Waals surface area contributed by atoms with Gasteiger partial charge in [0.15, 0.2) is 0 Å². The minimum Gasteiger partial charge on any atom is -0.496 e. The average Bonchev–Trinajstić information content (AvgIpc) is 2.37. The van der Waals surface area contributed by atoms with Crippen molar-refractivity contribution in [2.24, 2.45) is 11.1 Å². The van der Waals surface area contributed by atoms with Crippen LogP contribution in [0.5, 0.6) is 5.75 Å². The van der Waals surface area contributed by atoms with Gasteiger partial charge in [-0.2, -0.15) is 0 Å². The highest BCUT2D eigenvalue weighted by Gasteiger charge is 2.26. The second kappa shape index (κ2) is 6.10. The number of nitrogens with zero attached hydrogens (tertiary/aromatic N) is 1. The Hall–Kier alpha value is -1.13. The summed E-state index contributed by atoms with van der Waals surface area (Å²) in [4.78, 5) is 2.90. The Balaban J connectivity index is 2.13. The van der Waals surface area contributed by atoms with Gasteiger partial charge in [0, 0.05) is 13.1 Å². The van der Waals surface area contributed by atoms with E-state index in [0.717, 1.165) is 30.9 Å². The molecule has 1 fully saturated rings. The maximum Gasteiger partial charge on any atom is 0.129 e. The van der Waals surface area contributed by atoms with Crippen LogP contribution in [0.3, 0.4) is 0 Å². The monoisotopic (exact) mass is 292 g/mol. The van der Waals surface area contributed by atoms with Crippen LogP contribution >= 0.6 is 12.2 Å². The van der Waals surface area contributed by atoms with Crippen molar-refractivity contribution in [2.75, 3.05) is 20.2 Å². The first-order valence-electron chi connectivity index (χ1n) is 7.10. The molecule has 0 aromatic heterocycles. The van der Waals surface area contributed by atoms with E-state index in [1.54, 1.807) is 7.11 Å². The molecule has 1 heterocycles. The molecule has 20 heavy (non-hydrogen) atoms. The van der Waals surface area contributed by atoms with Crippen LogP contribution in [0.4, 0.5) is 0 Å². The van der Waals surface area contributed by atoms with Crippen LogP contribution < -0.4 is 10.5 Å². The van der Waals surface area contributed by atoms with Crippen molar-refractivity contribution in [3.8, 4) is 5.75 Å². The number of benzene rings is 1. The largest absolute Gasteiger partial charge is 0.496 e. The number of likely N-dealkylation sites (tertiary alicyclic amines) is 1. The van der Waals surface area contributed by atoms with Gasteiger partial charge in [0.25, 0.3) is 0 Å². The SMILES string of the molecule is COc1ccc(CN2CCCC(C)(C)C2)cc1C(N)=S. The van der Waals surface area contributed by atoms with Gasteiger partial charge in [-0.15, -0.1) is 0 Å². The molecule has 1 aromatic rings. The predicted molar refractivity (Wildman–Crippen MR) is 87.2 cm³/mol. The lowest BCUT2D eigenvalue weighted by atomic mass is 9.84. The van der Waals surface area contributed by atoms with Crippen LogP contribution in [0.15, 0.2) is 18.2 Å². The first-order valence-corrected chi connectivity index (χ1v) is 7.51. The van der Waals surface area contributed by atoms with Crippen LogP contribution in [0.1, 0.15) is 37.8 Å². The first kappa shape index (κ1) is 15.3. The number of thiocarbonyl (C=S) groups is 1. The zero-order chi connectivity index (χ0) is 14.8.